The Kier molecular flexibility index (Phi) is 6.16. The number of nitrogens with zero attached hydrogens (tertiary/aromatic N) is 7. The second-order valence-corrected chi connectivity index (χ2v) is 9.85. The van der Waals surface area contributed by atoms with E-state index in [1.165, 1.54) is 16.0 Å². The van der Waals surface area contributed by atoms with Crippen molar-refractivity contribution in [3.05, 3.63) is 35.9 Å². The van der Waals surface area contributed by atoms with E-state index in [0.717, 1.165) is 25.7 Å². The maximum atomic E-state index is 13.3. The monoisotopic (exact) mass is 480 g/mol. The Hall–Kier alpha value is -3.50. The largest absolute Gasteiger partial charge is 0.351 e. The summed E-state index contributed by atoms with van der Waals surface area (Å²) in [5.74, 6) is -0.0514. The van der Waals surface area contributed by atoms with Gasteiger partial charge in [-0.3, -0.25) is 19.1 Å². The van der Waals surface area contributed by atoms with E-state index in [9.17, 15) is 14.4 Å². The molecule has 1 saturated heterocycles. The first-order valence-corrected chi connectivity index (χ1v) is 12.3. The molecule has 1 unspecified atom stereocenters. The van der Waals surface area contributed by atoms with Gasteiger partial charge in [-0.1, -0.05) is 19.3 Å². The number of carbonyl (C=O) groups excluding carboxylic acids is 3. The van der Waals surface area contributed by atoms with Crippen LogP contribution in [0.15, 0.2) is 24.5 Å². The summed E-state index contributed by atoms with van der Waals surface area (Å²) >= 11 is 0. The zero-order chi connectivity index (χ0) is 24.6. The molecule has 0 spiro atoms. The van der Waals surface area contributed by atoms with E-state index < -0.39 is 5.54 Å². The first-order chi connectivity index (χ1) is 16.9. The first-order valence-electron chi connectivity index (χ1n) is 12.3. The Balaban J connectivity index is 1.28. The molecule has 3 aliphatic rings. The molecular formula is C24H32N8O3. The Morgan fingerprint density at radius 2 is 1.74 bits per heavy atom. The third-order valence-corrected chi connectivity index (χ3v) is 7.55. The molecular weight excluding hydrogens is 448 g/mol. The number of carbonyl (C=O) groups is 3. The number of piperazine rings is 1. The van der Waals surface area contributed by atoms with Gasteiger partial charge in [0.2, 0.25) is 11.9 Å². The molecule has 5 rings (SSSR count). The fourth-order valence-electron chi connectivity index (χ4n) is 5.15. The molecule has 2 aliphatic heterocycles. The van der Waals surface area contributed by atoms with Crippen molar-refractivity contribution in [2.45, 2.75) is 57.2 Å². The van der Waals surface area contributed by atoms with Crippen LogP contribution >= 0.6 is 0 Å². The fourth-order valence-corrected chi connectivity index (χ4v) is 5.15. The van der Waals surface area contributed by atoms with E-state index in [0.29, 0.717) is 37.8 Å². The molecule has 2 fully saturated rings. The Morgan fingerprint density at radius 3 is 2.43 bits per heavy atom. The van der Waals surface area contributed by atoms with Crippen LogP contribution in [0.25, 0.3) is 0 Å². The molecule has 4 heterocycles. The van der Waals surface area contributed by atoms with Crippen molar-refractivity contribution in [1.29, 1.82) is 0 Å². The van der Waals surface area contributed by atoms with Gasteiger partial charge in [0.1, 0.15) is 11.2 Å². The highest BCUT2D eigenvalue weighted by Crippen LogP contribution is 2.27. The van der Waals surface area contributed by atoms with E-state index in [1.54, 1.807) is 43.4 Å². The predicted molar refractivity (Wildman–Crippen MR) is 128 cm³/mol. The molecule has 1 atom stereocenters. The van der Waals surface area contributed by atoms with Gasteiger partial charge in [0.25, 0.3) is 11.8 Å². The molecule has 2 aromatic heterocycles. The van der Waals surface area contributed by atoms with Crippen molar-refractivity contribution in [3.8, 4) is 0 Å². The van der Waals surface area contributed by atoms with Gasteiger partial charge in [-0.15, -0.1) is 0 Å². The standard InChI is InChI=1S/C24H32N8O3/c1-24(22(35)27-17-7-4-3-5-8-17)16-32-19(21(34)29(24)2)15-18(28-32)20(33)30-11-13-31(14-12-30)23-25-9-6-10-26-23/h6,9-10,15,17H,3-5,7-8,11-14,16H2,1-2H3,(H,27,35). The summed E-state index contributed by atoms with van der Waals surface area (Å²) < 4.78 is 1.52. The normalized spacial score (nSPS) is 23.3. The minimum atomic E-state index is -1.07. The summed E-state index contributed by atoms with van der Waals surface area (Å²) in [6, 6.07) is 3.47. The van der Waals surface area contributed by atoms with Gasteiger partial charge in [-0.05, 0) is 25.8 Å². The highest BCUT2D eigenvalue weighted by molar-refractivity contribution is 6.01. The lowest BCUT2D eigenvalue weighted by Gasteiger charge is -2.41. The van der Waals surface area contributed by atoms with Crippen LogP contribution in [0.2, 0.25) is 0 Å². The lowest BCUT2D eigenvalue weighted by Crippen LogP contribution is -2.63. The number of nitrogens with one attached hydrogen (secondary N) is 1. The predicted octanol–water partition coefficient (Wildman–Crippen LogP) is 0.929. The molecule has 35 heavy (non-hydrogen) atoms. The second-order valence-electron chi connectivity index (χ2n) is 9.85. The molecule has 11 nitrogen and oxygen atoms in total. The Morgan fingerprint density at radius 1 is 1.06 bits per heavy atom. The highest BCUT2D eigenvalue weighted by Gasteiger charge is 2.47. The van der Waals surface area contributed by atoms with Crippen LogP contribution in [-0.2, 0) is 11.3 Å². The minimum Gasteiger partial charge on any atom is -0.351 e. The maximum absolute atomic E-state index is 13.3. The fraction of sp³-hybridized carbons (Fsp3) is 0.583. The van der Waals surface area contributed by atoms with Crippen molar-refractivity contribution in [1.82, 2.24) is 34.9 Å². The second kappa shape index (κ2) is 9.27. The topological polar surface area (TPSA) is 117 Å². The van der Waals surface area contributed by atoms with Crippen molar-refractivity contribution in [2.75, 3.05) is 38.1 Å². The van der Waals surface area contributed by atoms with Gasteiger partial charge in [0.15, 0.2) is 5.69 Å². The van der Waals surface area contributed by atoms with Gasteiger partial charge in [0.05, 0.1) is 6.54 Å². The quantitative estimate of drug-likeness (QED) is 0.692. The number of aromatic nitrogens is 4. The van der Waals surface area contributed by atoms with Crippen LogP contribution in [0.3, 0.4) is 0 Å². The van der Waals surface area contributed by atoms with Crippen LogP contribution in [0.5, 0.6) is 0 Å². The first kappa shape index (κ1) is 23.3. The lowest BCUT2D eigenvalue weighted by molar-refractivity contribution is -0.133. The molecule has 0 radical (unpaired) electrons. The van der Waals surface area contributed by atoms with E-state index in [-0.39, 0.29) is 36.0 Å². The third-order valence-electron chi connectivity index (χ3n) is 7.55. The van der Waals surface area contributed by atoms with Crippen LogP contribution in [0.4, 0.5) is 5.95 Å². The molecule has 1 aliphatic carbocycles. The lowest BCUT2D eigenvalue weighted by atomic mass is 9.92. The molecule has 1 saturated carbocycles. The van der Waals surface area contributed by atoms with Crippen molar-refractivity contribution in [3.63, 3.8) is 0 Å². The van der Waals surface area contributed by atoms with E-state index in [1.807, 2.05) is 4.90 Å². The number of hydrogen-bond donors (Lipinski definition) is 1. The summed E-state index contributed by atoms with van der Waals surface area (Å²) in [6.07, 6.45) is 8.75. The average molecular weight is 481 g/mol. The SMILES string of the molecule is CN1C(=O)c2cc(C(=O)N3CCN(c4ncccn4)CC3)nn2CC1(C)C(=O)NC1CCCCC1. The van der Waals surface area contributed by atoms with Crippen LogP contribution in [0, 0.1) is 0 Å². The van der Waals surface area contributed by atoms with E-state index >= 15 is 0 Å². The zero-order valence-corrected chi connectivity index (χ0v) is 20.3. The Labute approximate surface area is 204 Å². The third kappa shape index (κ3) is 4.35. The minimum absolute atomic E-state index is 0.146. The molecule has 186 valence electrons. The summed E-state index contributed by atoms with van der Waals surface area (Å²) in [6.45, 7) is 4.22. The van der Waals surface area contributed by atoms with E-state index in [2.05, 4.69) is 20.4 Å². The Bertz CT molecular complexity index is 1110. The highest BCUT2D eigenvalue weighted by atomic mass is 16.2. The summed E-state index contributed by atoms with van der Waals surface area (Å²) in [7, 11) is 1.64. The van der Waals surface area contributed by atoms with Crippen LogP contribution < -0.4 is 10.2 Å². The molecule has 3 amide bonds. The average Bonchev–Trinajstić information content (AvgIpc) is 3.32. The van der Waals surface area contributed by atoms with Gasteiger partial charge in [-0.25, -0.2) is 9.97 Å². The number of anilines is 1. The molecule has 0 bridgehead atoms. The molecule has 0 aromatic carbocycles. The van der Waals surface area contributed by atoms with Crippen molar-refractivity contribution in [2.24, 2.45) is 0 Å². The van der Waals surface area contributed by atoms with Crippen LogP contribution in [-0.4, -0.2) is 92.1 Å². The van der Waals surface area contributed by atoms with Crippen LogP contribution in [0.1, 0.15) is 60.0 Å². The number of rotatable bonds is 4. The zero-order valence-electron chi connectivity index (χ0n) is 20.3. The number of amides is 3. The maximum Gasteiger partial charge on any atom is 0.274 e. The van der Waals surface area contributed by atoms with E-state index in [4.69, 9.17) is 0 Å². The van der Waals surface area contributed by atoms with Crippen molar-refractivity contribution < 1.29 is 14.4 Å². The number of likely N-dealkylation sites (N-methyl/N-ethyl adjacent to an activating group) is 1. The summed E-state index contributed by atoms with van der Waals surface area (Å²) in [5.41, 5.74) is -0.520. The van der Waals surface area contributed by atoms with Crippen molar-refractivity contribution >= 4 is 23.7 Å². The van der Waals surface area contributed by atoms with Gasteiger partial charge in [-0.2, -0.15) is 5.10 Å². The summed E-state index contributed by atoms with van der Waals surface area (Å²) in [5, 5.41) is 7.62. The molecule has 11 heteroatoms. The summed E-state index contributed by atoms with van der Waals surface area (Å²) in [4.78, 5) is 53.4. The molecule has 1 N–H and O–H groups in total. The number of fused-ring (bicyclic) bond motifs is 1. The van der Waals surface area contributed by atoms with Gasteiger partial charge >= 0.3 is 0 Å². The number of hydrogen-bond acceptors (Lipinski definition) is 7. The smallest absolute Gasteiger partial charge is 0.274 e. The van der Waals surface area contributed by atoms with Gasteiger partial charge < -0.3 is 20.0 Å². The molecule has 2 aromatic rings. The van der Waals surface area contributed by atoms with Gasteiger partial charge in [0, 0.05) is 57.7 Å².